The van der Waals surface area contributed by atoms with E-state index >= 15 is 0 Å². The summed E-state index contributed by atoms with van der Waals surface area (Å²) in [4.78, 5) is 2.37. The fourth-order valence-corrected chi connectivity index (χ4v) is 3.15. The topological polar surface area (TPSA) is 47.1 Å². The highest BCUT2D eigenvalue weighted by molar-refractivity contribution is 6.31. The zero-order valence-electron chi connectivity index (χ0n) is 11.9. The number of anilines is 1. The van der Waals surface area contributed by atoms with Crippen LogP contribution in [0, 0.1) is 0 Å². The lowest BCUT2D eigenvalue weighted by atomic mass is 10.1. The molecule has 3 rings (SSSR count). The highest BCUT2D eigenvalue weighted by Crippen LogP contribution is 2.28. The zero-order valence-corrected chi connectivity index (χ0v) is 12.6. The molecule has 1 aliphatic rings. The van der Waals surface area contributed by atoms with Crippen LogP contribution in [-0.4, -0.2) is 14.7 Å². The average Bonchev–Trinajstić information content (AvgIpc) is 2.93. The molecule has 0 saturated heterocycles. The number of fused-ring (bicyclic) bond motifs is 1. The van der Waals surface area contributed by atoms with E-state index in [2.05, 4.69) is 29.1 Å². The number of halogens is 1. The third kappa shape index (κ3) is 2.30. The summed E-state index contributed by atoms with van der Waals surface area (Å²) in [7, 11) is 1.96. The second kappa shape index (κ2) is 5.11. The molecular formula is C15H19ClN4. The summed E-state index contributed by atoms with van der Waals surface area (Å²) in [5.41, 5.74) is 11.4. The first-order valence-corrected chi connectivity index (χ1v) is 7.26. The van der Waals surface area contributed by atoms with Gasteiger partial charge in [0.1, 0.15) is 0 Å². The second-order valence-electron chi connectivity index (χ2n) is 5.36. The molecule has 1 aromatic heterocycles. The van der Waals surface area contributed by atoms with Crippen LogP contribution in [0.25, 0.3) is 0 Å². The SMILES string of the molecule is CCc1nn(C)c(CN2Cc3ccc(N)cc3C2)c1Cl. The van der Waals surface area contributed by atoms with E-state index in [1.165, 1.54) is 11.1 Å². The Bertz CT molecular complexity index is 648. The van der Waals surface area contributed by atoms with Gasteiger partial charge in [0.05, 0.1) is 16.4 Å². The molecule has 2 aromatic rings. The summed E-state index contributed by atoms with van der Waals surface area (Å²) in [5, 5.41) is 5.28. The van der Waals surface area contributed by atoms with E-state index in [1.54, 1.807) is 0 Å². The van der Waals surface area contributed by atoms with E-state index in [9.17, 15) is 0 Å². The third-order valence-corrected chi connectivity index (χ3v) is 4.33. The molecule has 2 heterocycles. The Morgan fingerprint density at radius 1 is 1.30 bits per heavy atom. The summed E-state index contributed by atoms with van der Waals surface area (Å²) >= 11 is 6.41. The minimum atomic E-state index is 0.811. The predicted molar refractivity (Wildman–Crippen MR) is 81.4 cm³/mol. The van der Waals surface area contributed by atoms with E-state index in [0.29, 0.717) is 0 Å². The molecule has 0 unspecified atom stereocenters. The van der Waals surface area contributed by atoms with Gasteiger partial charge in [-0.2, -0.15) is 5.10 Å². The second-order valence-corrected chi connectivity index (χ2v) is 5.74. The molecule has 106 valence electrons. The Hall–Kier alpha value is -1.52. The molecule has 5 heteroatoms. The molecule has 0 amide bonds. The first-order valence-electron chi connectivity index (χ1n) is 6.88. The average molecular weight is 291 g/mol. The first kappa shape index (κ1) is 13.5. The van der Waals surface area contributed by atoms with Gasteiger partial charge in [-0.1, -0.05) is 24.6 Å². The summed E-state index contributed by atoms with van der Waals surface area (Å²) in [6.45, 7) is 4.76. The zero-order chi connectivity index (χ0) is 14.3. The maximum absolute atomic E-state index is 6.41. The lowest BCUT2D eigenvalue weighted by molar-refractivity contribution is 0.268. The number of benzene rings is 1. The van der Waals surface area contributed by atoms with Crippen LogP contribution in [0.15, 0.2) is 18.2 Å². The molecule has 2 N–H and O–H groups in total. The highest BCUT2D eigenvalue weighted by atomic mass is 35.5. The van der Waals surface area contributed by atoms with Crippen molar-refractivity contribution in [1.82, 2.24) is 14.7 Å². The van der Waals surface area contributed by atoms with Gasteiger partial charge in [0, 0.05) is 32.4 Å². The maximum Gasteiger partial charge on any atom is 0.0863 e. The number of nitrogens with zero attached hydrogens (tertiary/aromatic N) is 3. The van der Waals surface area contributed by atoms with Crippen molar-refractivity contribution in [2.24, 2.45) is 7.05 Å². The van der Waals surface area contributed by atoms with Crippen LogP contribution >= 0.6 is 11.6 Å². The third-order valence-electron chi connectivity index (χ3n) is 3.89. The summed E-state index contributed by atoms with van der Waals surface area (Å²) < 4.78 is 1.90. The van der Waals surface area contributed by atoms with E-state index in [1.807, 2.05) is 17.8 Å². The molecule has 0 radical (unpaired) electrons. The summed E-state index contributed by atoms with van der Waals surface area (Å²) in [6, 6.07) is 6.15. The largest absolute Gasteiger partial charge is 0.399 e. The standard InChI is InChI=1S/C15H19ClN4/c1-3-13-15(16)14(19(2)18-13)9-20-7-10-4-5-12(17)6-11(10)8-20/h4-6H,3,7-9,17H2,1-2H3. The molecule has 0 fully saturated rings. The highest BCUT2D eigenvalue weighted by Gasteiger charge is 2.22. The minimum absolute atomic E-state index is 0.811. The van der Waals surface area contributed by atoms with Gasteiger partial charge < -0.3 is 5.73 Å². The van der Waals surface area contributed by atoms with Crippen molar-refractivity contribution in [2.75, 3.05) is 5.73 Å². The molecule has 0 bridgehead atoms. The molecule has 0 aliphatic carbocycles. The molecule has 4 nitrogen and oxygen atoms in total. The molecule has 20 heavy (non-hydrogen) atoms. The molecule has 0 spiro atoms. The van der Waals surface area contributed by atoms with Gasteiger partial charge in [0.25, 0.3) is 0 Å². The van der Waals surface area contributed by atoms with E-state index in [0.717, 1.165) is 48.2 Å². The number of aryl methyl sites for hydroxylation is 2. The Labute approximate surface area is 124 Å². The number of hydrogen-bond donors (Lipinski definition) is 1. The Morgan fingerprint density at radius 3 is 2.75 bits per heavy atom. The van der Waals surface area contributed by atoms with Crippen molar-refractivity contribution in [3.05, 3.63) is 45.7 Å². The van der Waals surface area contributed by atoms with E-state index < -0.39 is 0 Å². The normalized spacial score (nSPS) is 14.8. The van der Waals surface area contributed by atoms with Crippen LogP contribution in [0.2, 0.25) is 5.02 Å². The van der Waals surface area contributed by atoms with Crippen LogP contribution in [0.5, 0.6) is 0 Å². The van der Waals surface area contributed by atoms with Crippen LogP contribution in [0.1, 0.15) is 29.4 Å². The van der Waals surface area contributed by atoms with Gasteiger partial charge in [-0.25, -0.2) is 0 Å². The molecular weight excluding hydrogens is 272 g/mol. The lowest BCUT2D eigenvalue weighted by Crippen LogP contribution is -2.18. The molecule has 0 saturated carbocycles. The van der Waals surface area contributed by atoms with Gasteiger partial charge in [-0.3, -0.25) is 9.58 Å². The van der Waals surface area contributed by atoms with E-state index in [-0.39, 0.29) is 0 Å². The van der Waals surface area contributed by atoms with Gasteiger partial charge in [-0.05, 0) is 29.7 Å². The van der Waals surface area contributed by atoms with Gasteiger partial charge in [-0.15, -0.1) is 0 Å². The van der Waals surface area contributed by atoms with Gasteiger partial charge in [0.15, 0.2) is 0 Å². The molecule has 1 aromatic carbocycles. The number of rotatable bonds is 3. The van der Waals surface area contributed by atoms with Crippen molar-refractivity contribution in [2.45, 2.75) is 33.0 Å². The van der Waals surface area contributed by atoms with Crippen LogP contribution in [-0.2, 0) is 33.1 Å². The Morgan fingerprint density at radius 2 is 2.05 bits per heavy atom. The molecule has 1 aliphatic heterocycles. The minimum Gasteiger partial charge on any atom is -0.399 e. The fourth-order valence-electron chi connectivity index (χ4n) is 2.80. The maximum atomic E-state index is 6.41. The molecule has 0 atom stereocenters. The van der Waals surface area contributed by atoms with Gasteiger partial charge in [0.2, 0.25) is 0 Å². The van der Waals surface area contributed by atoms with E-state index in [4.69, 9.17) is 17.3 Å². The number of nitrogens with two attached hydrogens (primary N) is 1. The lowest BCUT2D eigenvalue weighted by Gasteiger charge is -2.15. The summed E-state index contributed by atoms with van der Waals surface area (Å²) in [5.74, 6) is 0. The fraction of sp³-hybridized carbons (Fsp3) is 0.400. The van der Waals surface area contributed by atoms with Crippen molar-refractivity contribution < 1.29 is 0 Å². The quantitative estimate of drug-likeness (QED) is 0.884. The van der Waals surface area contributed by atoms with Gasteiger partial charge >= 0.3 is 0 Å². The van der Waals surface area contributed by atoms with Crippen LogP contribution in [0.4, 0.5) is 5.69 Å². The smallest absolute Gasteiger partial charge is 0.0863 e. The summed E-state index contributed by atoms with van der Waals surface area (Å²) in [6.07, 6.45) is 0.865. The monoisotopic (exact) mass is 290 g/mol. The van der Waals surface area contributed by atoms with Crippen molar-refractivity contribution in [3.63, 3.8) is 0 Å². The van der Waals surface area contributed by atoms with Crippen molar-refractivity contribution in [1.29, 1.82) is 0 Å². The number of aromatic nitrogens is 2. The Kier molecular flexibility index (Phi) is 3.44. The first-order chi connectivity index (χ1) is 9.58. The van der Waals surface area contributed by atoms with Crippen LogP contribution < -0.4 is 5.73 Å². The van der Waals surface area contributed by atoms with Crippen molar-refractivity contribution >= 4 is 17.3 Å². The number of nitrogen functional groups attached to an aromatic ring is 1. The van der Waals surface area contributed by atoms with Crippen LogP contribution in [0.3, 0.4) is 0 Å². The van der Waals surface area contributed by atoms with Crippen molar-refractivity contribution in [3.8, 4) is 0 Å². The Balaban J connectivity index is 1.80. The number of hydrogen-bond acceptors (Lipinski definition) is 3. The predicted octanol–water partition coefficient (Wildman–Crippen LogP) is 2.73.